The van der Waals surface area contributed by atoms with Crippen LogP contribution in [0, 0.1) is 5.92 Å². The van der Waals surface area contributed by atoms with Gasteiger partial charge in [0.15, 0.2) is 5.78 Å². The summed E-state index contributed by atoms with van der Waals surface area (Å²) in [7, 11) is 0. The third-order valence-electron chi connectivity index (χ3n) is 3.49. The largest absolute Gasteiger partial charge is 0.395 e. The Hall–Kier alpha value is 0.250. The molecule has 1 aromatic rings. The minimum atomic E-state index is 0.108. The van der Waals surface area contributed by atoms with Gasteiger partial charge in [-0.1, -0.05) is 6.92 Å². The number of Topliss-reactive ketones (excluding diaryl/α,β-unsaturated/α-hetero) is 1. The maximum atomic E-state index is 12.2. The van der Waals surface area contributed by atoms with Crippen LogP contribution in [0.4, 0.5) is 0 Å². The van der Waals surface area contributed by atoms with Gasteiger partial charge in [0, 0.05) is 11.6 Å². The Kier molecular flexibility index (Phi) is 4.99. The molecule has 0 radical (unpaired) electrons. The van der Waals surface area contributed by atoms with Crippen molar-refractivity contribution in [3.05, 3.63) is 19.2 Å². The van der Waals surface area contributed by atoms with Gasteiger partial charge in [0.1, 0.15) is 0 Å². The van der Waals surface area contributed by atoms with Gasteiger partial charge in [0.25, 0.3) is 0 Å². The van der Waals surface area contributed by atoms with Gasteiger partial charge in [-0.05, 0) is 56.8 Å². The second-order valence-electron chi connectivity index (χ2n) is 4.65. The van der Waals surface area contributed by atoms with E-state index in [1.807, 2.05) is 6.07 Å². The van der Waals surface area contributed by atoms with Crippen LogP contribution in [-0.2, 0) is 0 Å². The van der Waals surface area contributed by atoms with Crippen LogP contribution >= 0.6 is 43.2 Å². The van der Waals surface area contributed by atoms with E-state index in [1.54, 1.807) is 0 Å². The molecular formula is C12H15Br2NO2S. The molecule has 0 aliphatic carbocycles. The number of halogens is 2. The molecule has 2 rings (SSSR count). The molecule has 1 saturated heterocycles. The van der Waals surface area contributed by atoms with Gasteiger partial charge in [0.05, 0.1) is 20.7 Å². The van der Waals surface area contributed by atoms with Crippen LogP contribution < -0.4 is 0 Å². The van der Waals surface area contributed by atoms with E-state index in [1.165, 1.54) is 11.3 Å². The molecule has 0 saturated carbocycles. The second-order valence-corrected chi connectivity index (χ2v) is 8.40. The summed E-state index contributed by atoms with van der Waals surface area (Å²) in [5.41, 5.74) is 0.725. The molecule has 18 heavy (non-hydrogen) atoms. The quantitative estimate of drug-likeness (QED) is 0.794. The number of carbonyl (C=O) groups is 1. The minimum Gasteiger partial charge on any atom is -0.395 e. The van der Waals surface area contributed by atoms with E-state index in [4.69, 9.17) is 0 Å². The van der Waals surface area contributed by atoms with E-state index >= 15 is 0 Å². The lowest BCUT2D eigenvalue weighted by Crippen LogP contribution is -2.38. The molecule has 0 spiro atoms. The maximum Gasteiger partial charge on any atom is 0.178 e. The molecule has 0 bridgehead atoms. The molecule has 100 valence electrons. The zero-order valence-electron chi connectivity index (χ0n) is 10.0. The predicted molar refractivity (Wildman–Crippen MR) is 80.3 cm³/mol. The molecule has 1 aliphatic rings. The first-order valence-corrected chi connectivity index (χ1v) is 8.26. The summed E-state index contributed by atoms with van der Waals surface area (Å²) in [6.45, 7) is 3.53. The zero-order valence-corrected chi connectivity index (χ0v) is 14.0. The Morgan fingerprint density at radius 2 is 2.33 bits per heavy atom. The molecule has 2 unspecified atom stereocenters. The number of nitrogens with zero attached hydrogens (tertiary/aromatic N) is 1. The monoisotopic (exact) mass is 395 g/mol. The van der Waals surface area contributed by atoms with E-state index in [0.29, 0.717) is 12.5 Å². The van der Waals surface area contributed by atoms with Crippen LogP contribution in [0.5, 0.6) is 0 Å². The summed E-state index contributed by atoms with van der Waals surface area (Å²) in [5.74, 6) is 0.567. The lowest BCUT2D eigenvalue weighted by atomic mass is 10.0. The zero-order chi connectivity index (χ0) is 13.3. The number of aliphatic hydroxyl groups excluding tert-OH is 1. The molecule has 1 N–H and O–H groups in total. The van der Waals surface area contributed by atoms with E-state index in [-0.39, 0.29) is 18.4 Å². The highest BCUT2D eigenvalue weighted by atomic mass is 79.9. The SMILES string of the molecule is CC1CCN(CC(=O)c2cc(Br)sc2Br)C1CO. The first-order chi connectivity index (χ1) is 8.52. The van der Waals surface area contributed by atoms with Gasteiger partial charge in [-0.3, -0.25) is 9.69 Å². The van der Waals surface area contributed by atoms with Crippen LogP contribution in [0.3, 0.4) is 0 Å². The smallest absolute Gasteiger partial charge is 0.178 e. The average Bonchev–Trinajstić information content (AvgIpc) is 2.82. The molecular weight excluding hydrogens is 382 g/mol. The first-order valence-electron chi connectivity index (χ1n) is 5.86. The number of likely N-dealkylation sites (tertiary alicyclic amines) is 1. The number of hydrogen-bond donors (Lipinski definition) is 1. The predicted octanol–water partition coefficient (Wildman–Crippen LogP) is 3.16. The van der Waals surface area contributed by atoms with Crippen LogP contribution in [0.15, 0.2) is 13.6 Å². The second kappa shape index (κ2) is 6.13. The van der Waals surface area contributed by atoms with Gasteiger partial charge in [-0.15, -0.1) is 11.3 Å². The Bertz CT molecular complexity index is 449. The number of carbonyl (C=O) groups excluding carboxylic acids is 1. The van der Waals surface area contributed by atoms with Gasteiger partial charge >= 0.3 is 0 Å². The summed E-state index contributed by atoms with van der Waals surface area (Å²) < 4.78 is 1.82. The van der Waals surface area contributed by atoms with Crippen molar-refractivity contribution in [1.82, 2.24) is 4.90 Å². The minimum absolute atomic E-state index is 0.108. The van der Waals surface area contributed by atoms with Crippen molar-refractivity contribution in [2.45, 2.75) is 19.4 Å². The van der Waals surface area contributed by atoms with Crippen molar-refractivity contribution < 1.29 is 9.90 Å². The third-order valence-corrected chi connectivity index (χ3v) is 5.83. The first kappa shape index (κ1) is 14.7. The number of ketones is 1. The molecule has 1 aromatic heterocycles. The maximum absolute atomic E-state index is 12.2. The van der Waals surface area contributed by atoms with E-state index in [2.05, 4.69) is 43.7 Å². The van der Waals surface area contributed by atoms with E-state index in [9.17, 15) is 9.90 Å². The highest BCUT2D eigenvalue weighted by Crippen LogP contribution is 2.33. The van der Waals surface area contributed by atoms with Crippen molar-refractivity contribution in [2.75, 3.05) is 19.7 Å². The fraction of sp³-hybridized carbons (Fsp3) is 0.583. The van der Waals surface area contributed by atoms with Crippen LogP contribution in [0.2, 0.25) is 0 Å². The van der Waals surface area contributed by atoms with Crippen molar-refractivity contribution in [1.29, 1.82) is 0 Å². The Morgan fingerprint density at radius 3 is 2.89 bits per heavy atom. The Morgan fingerprint density at radius 1 is 1.61 bits per heavy atom. The van der Waals surface area contributed by atoms with Crippen LogP contribution in [-0.4, -0.2) is 41.5 Å². The lowest BCUT2D eigenvalue weighted by Gasteiger charge is -2.24. The van der Waals surface area contributed by atoms with Gasteiger partial charge in [-0.25, -0.2) is 0 Å². The average molecular weight is 397 g/mol. The summed E-state index contributed by atoms with van der Waals surface area (Å²) in [5, 5.41) is 9.38. The van der Waals surface area contributed by atoms with Crippen molar-refractivity contribution in [2.24, 2.45) is 5.92 Å². The summed E-state index contributed by atoms with van der Waals surface area (Å²) >= 11 is 8.30. The molecule has 3 nitrogen and oxygen atoms in total. The third kappa shape index (κ3) is 3.04. The van der Waals surface area contributed by atoms with E-state index < -0.39 is 0 Å². The van der Waals surface area contributed by atoms with Crippen molar-refractivity contribution >= 4 is 49.0 Å². The van der Waals surface area contributed by atoms with Crippen molar-refractivity contribution in [3.63, 3.8) is 0 Å². The van der Waals surface area contributed by atoms with Crippen LogP contribution in [0.1, 0.15) is 23.7 Å². The summed E-state index contributed by atoms with van der Waals surface area (Å²) in [6, 6.07) is 1.97. The van der Waals surface area contributed by atoms with Crippen LogP contribution in [0.25, 0.3) is 0 Å². The fourth-order valence-electron chi connectivity index (χ4n) is 2.38. The standard InChI is InChI=1S/C12H15Br2NO2S/c1-7-2-3-15(9(7)6-16)5-10(17)8-4-11(13)18-12(8)14/h4,7,9,16H,2-3,5-6H2,1H3. The topological polar surface area (TPSA) is 40.5 Å². The van der Waals surface area contributed by atoms with Crippen molar-refractivity contribution in [3.8, 4) is 0 Å². The highest BCUT2D eigenvalue weighted by Gasteiger charge is 2.32. The van der Waals surface area contributed by atoms with E-state index in [0.717, 1.165) is 26.1 Å². The number of thiophene rings is 1. The molecule has 2 atom stereocenters. The number of rotatable bonds is 4. The van der Waals surface area contributed by atoms with Gasteiger partial charge in [-0.2, -0.15) is 0 Å². The molecule has 0 aromatic carbocycles. The Labute approximate surface area is 127 Å². The Balaban J connectivity index is 2.06. The molecule has 0 amide bonds. The molecule has 1 fully saturated rings. The lowest BCUT2D eigenvalue weighted by molar-refractivity contribution is 0.0866. The number of hydrogen-bond acceptors (Lipinski definition) is 4. The summed E-state index contributed by atoms with van der Waals surface area (Å²) in [6.07, 6.45) is 1.05. The molecule has 6 heteroatoms. The number of aliphatic hydroxyl groups is 1. The molecule has 1 aliphatic heterocycles. The normalized spacial score (nSPS) is 24.7. The highest BCUT2D eigenvalue weighted by molar-refractivity contribution is 9.12. The fourth-order valence-corrected chi connectivity index (χ4v) is 5.23. The van der Waals surface area contributed by atoms with Gasteiger partial charge in [0.2, 0.25) is 0 Å². The summed E-state index contributed by atoms with van der Waals surface area (Å²) in [4.78, 5) is 14.3. The molecule has 2 heterocycles. The van der Waals surface area contributed by atoms with Gasteiger partial charge < -0.3 is 5.11 Å².